The minimum atomic E-state index is -3.57. The van der Waals surface area contributed by atoms with Gasteiger partial charge in [0.05, 0.1) is 16.7 Å². The van der Waals surface area contributed by atoms with E-state index in [-0.39, 0.29) is 22.3 Å². The molecule has 1 aromatic rings. The fourth-order valence-corrected chi connectivity index (χ4v) is 3.76. The fraction of sp³-hybridized carbons (Fsp3) is 0.364. The Hall–Kier alpha value is -0.840. The Morgan fingerprint density at radius 2 is 1.95 bits per heavy atom. The number of rotatable bonds is 2. The van der Waals surface area contributed by atoms with Crippen LogP contribution in [0, 0.1) is 11.3 Å². The molecule has 0 radical (unpaired) electrons. The molecular weight excluding hydrogens is 309 g/mol. The minimum Gasteiger partial charge on any atom is -0.314 e. The van der Waals surface area contributed by atoms with Crippen molar-refractivity contribution in [2.75, 3.05) is 26.2 Å². The number of nitriles is 1. The van der Waals surface area contributed by atoms with E-state index in [2.05, 4.69) is 5.32 Å². The molecule has 1 aliphatic rings. The summed E-state index contributed by atoms with van der Waals surface area (Å²) >= 11 is 5.94. The van der Waals surface area contributed by atoms with Gasteiger partial charge in [0.25, 0.3) is 0 Å². The van der Waals surface area contributed by atoms with Crippen LogP contribution >= 0.6 is 24.0 Å². The molecule has 0 aliphatic carbocycles. The summed E-state index contributed by atoms with van der Waals surface area (Å²) in [6.45, 7) is 2.12. The van der Waals surface area contributed by atoms with E-state index in [0.29, 0.717) is 31.7 Å². The zero-order valence-electron chi connectivity index (χ0n) is 9.97. The molecule has 8 heteroatoms. The first-order valence-corrected chi connectivity index (χ1v) is 7.28. The van der Waals surface area contributed by atoms with Gasteiger partial charge < -0.3 is 5.32 Å². The van der Waals surface area contributed by atoms with Crippen molar-refractivity contribution in [2.45, 2.75) is 4.90 Å². The smallest absolute Gasteiger partial charge is 0.244 e. The lowest BCUT2D eigenvalue weighted by Crippen LogP contribution is -2.46. The highest BCUT2D eigenvalue weighted by Gasteiger charge is 2.27. The predicted molar refractivity (Wildman–Crippen MR) is 75.0 cm³/mol. The highest BCUT2D eigenvalue weighted by atomic mass is 35.5. The first-order chi connectivity index (χ1) is 8.55. The van der Waals surface area contributed by atoms with Gasteiger partial charge in [-0.3, -0.25) is 0 Å². The Kier molecular flexibility index (Phi) is 5.59. The van der Waals surface area contributed by atoms with E-state index in [1.807, 2.05) is 6.07 Å². The molecule has 0 amide bonds. The molecule has 0 bridgehead atoms. The Bertz CT molecular complexity index is 592. The summed E-state index contributed by atoms with van der Waals surface area (Å²) in [6, 6.07) is 6.14. The number of nitrogens with zero attached hydrogens (tertiary/aromatic N) is 2. The molecule has 19 heavy (non-hydrogen) atoms. The summed E-state index contributed by atoms with van der Waals surface area (Å²) in [5.74, 6) is 0. The van der Waals surface area contributed by atoms with Gasteiger partial charge in [-0.15, -0.1) is 12.4 Å². The lowest BCUT2D eigenvalue weighted by molar-refractivity contribution is 0.360. The third kappa shape index (κ3) is 3.38. The van der Waals surface area contributed by atoms with Gasteiger partial charge in [0.15, 0.2) is 0 Å². The fourth-order valence-electron chi connectivity index (χ4n) is 1.80. The van der Waals surface area contributed by atoms with E-state index >= 15 is 0 Å². The van der Waals surface area contributed by atoms with Crippen LogP contribution in [0.25, 0.3) is 0 Å². The standard InChI is InChI=1S/C11H12ClN3O2S.ClH/c12-10-7-9(8-13)1-2-11(10)18(16,17)15-5-3-14-4-6-15;/h1-2,7,14H,3-6H2;1H. The van der Waals surface area contributed by atoms with Crippen LogP contribution in [0.2, 0.25) is 5.02 Å². The van der Waals surface area contributed by atoms with Crippen LogP contribution in [0.5, 0.6) is 0 Å². The second-order valence-electron chi connectivity index (χ2n) is 3.91. The number of halogens is 2. The predicted octanol–water partition coefficient (Wildman–Crippen LogP) is 1.23. The third-order valence-electron chi connectivity index (χ3n) is 2.75. The quantitative estimate of drug-likeness (QED) is 0.889. The van der Waals surface area contributed by atoms with Crippen molar-refractivity contribution < 1.29 is 8.42 Å². The monoisotopic (exact) mass is 321 g/mol. The number of benzene rings is 1. The molecule has 0 atom stereocenters. The van der Waals surface area contributed by atoms with Crippen LogP contribution in [-0.4, -0.2) is 38.9 Å². The largest absolute Gasteiger partial charge is 0.314 e. The Morgan fingerprint density at radius 1 is 1.32 bits per heavy atom. The molecular formula is C11H13Cl2N3O2S. The van der Waals surface area contributed by atoms with Crippen molar-refractivity contribution in [2.24, 2.45) is 0 Å². The third-order valence-corrected chi connectivity index (χ3v) is 5.14. The molecule has 5 nitrogen and oxygen atoms in total. The lowest BCUT2D eigenvalue weighted by atomic mass is 10.2. The van der Waals surface area contributed by atoms with Gasteiger partial charge in [-0.25, -0.2) is 8.42 Å². The first-order valence-electron chi connectivity index (χ1n) is 5.46. The summed E-state index contributed by atoms with van der Waals surface area (Å²) in [5.41, 5.74) is 0.347. The van der Waals surface area contributed by atoms with Crippen LogP contribution in [0.1, 0.15) is 5.56 Å². The number of nitrogens with one attached hydrogen (secondary N) is 1. The Balaban J connectivity index is 0.00000180. The zero-order valence-corrected chi connectivity index (χ0v) is 12.4. The van der Waals surface area contributed by atoms with Crippen LogP contribution in [-0.2, 0) is 10.0 Å². The van der Waals surface area contributed by atoms with Gasteiger partial charge in [-0.1, -0.05) is 11.6 Å². The van der Waals surface area contributed by atoms with Gasteiger partial charge in [0, 0.05) is 26.2 Å². The molecule has 1 aromatic carbocycles. The van der Waals surface area contributed by atoms with Crippen LogP contribution in [0.3, 0.4) is 0 Å². The summed E-state index contributed by atoms with van der Waals surface area (Å²) in [5, 5.41) is 11.9. The molecule has 0 unspecified atom stereocenters. The SMILES string of the molecule is Cl.N#Cc1ccc(S(=O)(=O)N2CCNCC2)c(Cl)c1. The lowest BCUT2D eigenvalue weighted by Gasteiger charge is -2.26. The van der Waals surface area contributed by atoms with Crippen molar-refractivity contribution in [3.8, 4) is 6.07 Å². The minimum absolute atomic E-state index is 0. The molecule has 1 saturated heterocycles. The normalized spacial score (nSPS) is 16.4. The molecule has 1 aliphatic heterocycles. The van der Waals surface area contributed by atoms with Gasteiger partial charge >= 0.3 is 0 Å². The van der Waals surface area contributed by atoms with Gasteiger partial charge in [-0.2, -0.15) is 9.57 Å². The maximum atomic E-state index is 12.3. The maximum absolute atomic E-state index is 12.3. The summed E-state index contributed by atoms with van der Waals surface area (Å²) in [7, 11) is -3.57. The van der Waals surface area contributed by atoms with Gasteiger partial charge in [0.1, 0.15) is 4.90 Å². The molecule has 2 rings (SSSR count). The van der Waals surface area contributed by atoms with E-state index in [4.69, 9.17) is 16.9 Å². The van der Waals surface area contributed by atoms with Crippen molar-refractivity contribution in [1.82, 2.24) is 9.62 Å². The maximum Gasteiger partial charge on any atom is 0.244 e. The number of sulfonamides is 1. The average molecular weight is 322 g/mol. The van der Waals surface area contributed by atoms with Crippen LogP contribution < -0.4 is 5.32 Å². The van der Waals surface area contributed by atoms with E-state index in [1.165, 1.54) is 22.5 Å². The molecule has 1 fully saturated rings. The molecule has 0 aromatic heterocycles. The Labute approximate surface area is 123 Å². The second kappa shape index (κ2) is 6.55. The van der Waals surface area contributed by atoms with E-state index in [0.717, 1.165) is 0 Å². The van der Waals surface area contributed by atoms with Crippen molar-refractivity contribution in [3.05, 3.63) is 28.8 Å². The highest BCUT2D eigenvalue weighted by molar-refractivity contribution is 7.89. The number of hydrogen-bond donors (Lipinski definition) is 1. The molecule has 0 saturated carbocycles. The molecule has 104 valence electrons. The van der Waals surface area contributed by atoms with E-state index < -0.39 is 10.0 Å². The van der Waals surface area contributed by atoms with Gasteiger partial charge in [-0.05, 0) is 18.2 Å². The van der Waals surface area contributed by atoms with Crippen LogP contribution in [0.4, 0.5) is 0 Å². The highest BCUT2D eigenvalue weighted by Crippen LogP contribution is 2.25. The molecule has 0 spiro atoms. The summed E-state index contributed by atoms with van der Waals surface area (Å²) in [6.07, 6.45) is 0. The topological polar surface area (TPSA) is 73.2 Å². The summed E-state index contributed by atoms with van der Waals surface area (Å²) in [4.78, 5) is 0.0602. The van der Waals surface area contributed by atoms with E-state index in [9.17, 15) is 8.42 Å². The first kappa shape index (κ1) is 16.2. The molecule has 1 heterocycles. The Morgan fingerprint density at radius 3 is 2.47 bits per heavy atom. The van der Waals surface area contributed by atoms with Crippen LogP contribution in [0.15, 0.2) is 23.1 Å². The summed E-state index contributed by atoms with van der Waals surface area (Å²) < 4.78 is 26.1. The molecule has 1 N–H and O–H groups in total. The average Bonchev–Trinajstić information content (AvgIpc) is 2.39. The van der Waals surface area contributed by atoms with E-state index in [1.54, 1.807) is 0 Å². The zero-order chi connectivity index (χ0) is 13.2. The number of hydrogen-bond acceptors (Lipinski definition) is 4. The second-order valence-corrected chi connectivity index (χ2v) is 6.22. The van der Waals surface area contributed by atoms with Gasteiger partial charge in [0.2, 0.25) is 10.0 Å². The van der Waals surface area contributed by atoms with Crippen molar-refractivity contribution in [1.29, 1.82) is 5.26 Å². The van der Waals surface area contributed by atoms with Crippen molar-refractivity contribution >= 4 is 34.0 Å². The van der Waals surface area contributed by atoms with Crippen molar-refractivity contribution in [3.63, 3.8) is 0 Å². The number of piperazine rings is 1.